The van der Waals surface area contributed by atoms with Crippen LogP contribution in [0.25, 0.3) is 11.3 Å². The van der Waals surface area contributed by atoms with E-state index in [2.05, 4.69) is 15.7 Å². The summed E-state index contributed by atoms with van der Waals surface area (Å²) in [6, 6.07) is -0.552. The lowest BCUT2D eigenvalue weighted by atomic mass is 9.86. The first-order valence-electron chi connectivity index (χ1n) is 11.5. The number of ether oxygens (including phenoxy) is 1. The van der Waals surface area contributed by atoms with E-state index in [9.17, 15) is 27.6 Å². The van der Waals surface area contributed by atoms with Crippen molar-refractivity contribution in [3.05, 3.63) is 40.8 Å². The molecule has 3 rings (SSSR count). The quantitative estimate of drug-likeness (QED) is 0.458. The minimum Gasteiger partial charge on any atom is -0.465 e. The van der Waals surface area contributed by atoms with Crippen molar-refractivity contribution in [2.75, 3.05) is 26.7 Å². The SMILES string of the molecule is CCOC(=O)CN1CCc2c(c(-c3cc(F)c(F)cc3F)nn2C(=O)N[C@H](C(=O)NC)C(C)(C)C)C1. The largest absolute Gasteiger partial charge is 0.465 e. The maximum Gasteiger partial charge on any atom is 0.343 e. The lowest BCUT2D eigenvalue weighted by molar-refractivity contribution is -0.144. The third-order valence-electron chi connectivity index (χ3n) is 5.89. The fourth-order valence-electron chi connectivity index (χ4n) is 4.09. The molecule has 0 bridgehead atoms. The number of carbonyl (C=O) groups excluding carboxylic acids is 3. The highest BCUT2D eigenvalue weighted by Crippen LogP contribution is 2.33. The lowest BCUT2D eigenvalue weighted by Crippen LogP contribution is -2.54. The van der Waals surface area contributed by atoms with Gasteiger partial charge < -0.3 is 15.4 Å². The summed E-state index contributed by atoms with van der Waals surface area (Å²) in [6.07, 6.45) is 0.251. The summed E-state index contributed by atoms with van der Waals surface area (Å²) in [5.74, 6) is -4.55. The lowest BCUT2D eigenvalue weighted by Gasteiger charge is -2.30. The molecule has 1 aromatic heterocycles. The van der Waals surface area contributed by atoms with Crippen molar-refractivity contribution in [3.8, 4) is 11.3 Å². The van der Waals surface area contributed by atoms with Gasteiger partial charge in [-0.05, 0) is 18.4 Å². The second kappa shape index (κ2) is 10.7. The minimum absolute atomic E-state index is 0.0485. The van der Waals surface area contributed by atoms with Gasteiger partial charge in [0.1, 0.15) is 17.6 Å². The fraction of sp³-hybridized carbons (Fsp3) is 0.500. The van der Waals surface area contributed by atoms with Crippen LogP contribution in [0.4, 0.5) is 18.0 Å². The second-order valence-corrected chi connectivity index (χ2v) is 9.56. The first-order valence-corrected chi connectivity index (χ1v) is 11.5. The molecule has 0 spiro atoms. The maximum absolute atomic E-state index is 14.7. The molecule has 0 radical (unpaired) electrons. The predicted molar refractivity (Wildman–Crippen MR) is 124 cm³/mol. The molecule has 0 fully saturated rings. The zero-order valence-corrected chi connectivity index (χ0v) is 20.9. The number of benzene rings is 1. The van der Waals surface area contributed by atoms with E-state index in [0.29, 0.717) is 29.9 Å². The molecule has 36 heavy (non-hydrogen) atoms. The fourth-order valence-corrected chi connectivity index (χ4v) is 4.09. The normalized spacial score (nSPS) is 14.7. The first-order chi connectivity index (χ1) is 16.9. The Bertz CT molecular complexity index is 1180. The number of likely N-dealkylation sites (N-methyl/N-ethyl adjacent to an activating group) is 1. The Morgan fingerprint density at radius 3 is 2.42 bits per heavy atom. The van der Waals surface area contributed by atoms with Gasteiger partial charge in [0.05, 0.1) is 18.8 Å². The number of aromatic nitrogens is 2. The van der Waals surface area contributed by atoms with Crippen molar-refractivity contribution in [1.29, 1.82) is 0 Å². The minimum atomic E-state index is -1.36. The van der Waals surface area contributed by atoms with Gasteiger partial charge in [0.25, 0.3) is 0 Å². The van der Waals surface area contributed by atoms with Gasteiger partial charge in [-0.1, -0.05) is 20.8 Å². The Kier molecular flexibility index (Phi) is 8.07. The molecule has 1 aliphatic heterocycles. The molecule has 0 unspecified atom stereocenters. The monoisotopic (exact) mass is 509 g/mol. The third kappa shape index (κ3) is 5.69. The Labute approximate surface area is 207 Å². The molecular weight excluding hydrogens is 479 g/mol. The van der Waals surface area contributed by atoms with Gasteiger partial charge in [0.15, 0.2) is 11.6 Å². The Hall–Kier alpha value is -3.41. The molecule has 2 heterocycles. The van der Waals surface area contributed by atoms with Crippen LogP contribution in [0.15, 0.2) is 12.1 Å². The molecule has 9 nitrogen and oxygen atoms in total. The second-order valence-electron chi connectivity index (χ2n) is 9.56. The number of nitrogens with zero attached hydrogens (tertiary/aromatic N) is 3. The van der Waals surface area contributed by atoms with E-state index in [1.54, 1.807) is 32.6 Å². The average molecular weight is 510 g/mol. The highest BCUT2D eigenvalue weighted by Gasteiger charge is 2.35. The number of carbonyl (C=O) groups is 3. The van der Waals surface area contributed by atoms with E-state index in [1.165, 1.54) is 7.05 Å². The average Bonchev–Trinajstić information content (AvgIpc) is 3.17. The third-order valence-corrected chi connectivity index (χ3v) is 5.89. The van der Waals surface area contributed by atoms with Crippen molar-refractivity contribution < 1.29 is 32.3 Å². The zero-order valence-electron chi connectivity index (χ0n) is 20.9. The van der Waals surface area contributed by atoms with Crippen LogP contribution in [0.3, 0.4) is 0 Å². The number of amides is 2. The molecule has 1 aromatic carbocycles. The van der Waals surface area contributed by atoms with Crippen LogP contribution in [0.1, 0.15) is 39.0 Å². The van der Waals surface area contributed by atoms with Crippen LogP contribution < -0.4 is 10.6 Å². The molecule has 2 amide bonds. The van der Waals surface area contributed by atoms with E-state index < -0.39 is 46.8 Å². The van der Waals surface area contributed by atoms with Crippen molar-refractivity contribution in [3.63, 3.8) is 0 Å². The molecule has 2 N–H and O–H groups in total. The highest BCUT2D eigenvalue weighted by molar-refractivity contribution is 5.88. The predicted octanol–water partition coefficient (Wildman–Crippen LogP) is 2.61. The molecular formula is C24H30F3N5O4. The summed E-state index contributed by atoms with van der Waals surface area (Å²) >= 11 is 0. The highest BCUT2D eigenvalue weighted by atomic mass is 19.2. The smallest absolute Gasteiger partial charge is 0.343 e. The summed E-state index contributed by atoms with van der Waals surface area (Å²) in [7, 11) is 1.45. The van der Waals surface area contributed by atoms with Crippen molar-refractivity contribution >= 4 is 17.9 Å². The molecule has 2 aromatic rings. The topological polar surface area (TPSA) is 106 Å². The summed E-state index contributed by atoms with van der Waals surface area (Å²) in [4.78, 5) is 39.4. The molecule has 196 valence electrons. The van der Waals surface area contributed by atoms with Gasteiger partial charge in [-0.2, -0.15) is 9.78 Å². The summed E-state index contributed by atoms with van der Waals surface area (Å²) < 4.78 is 48.4. The van der Waals surface area contributed by atoms with Gasteiger partial charge in [0, 0.05) is 43.8 Å². The van der Waals surface area contributed by atoms with Crippen LogP contribution in [0, 0.1) is 22.9 Å². The maximum atomic E-state index is 14.7. The Morgan fingerprint density at radius 1 is 1.14 bits per heavy atom. The van der Waals surface area contributed by atoms with E-state index >= 15 is 0 Å². The Morgan fingerprint density at radius 2 is 1.81 bits per heavy atom. The van der Waals surface area contributed by atoms with Gasteiger partial charge >= 0.3 is 12.0 Å². The number of nitrogens with one attached hydrogen (secondary N) is 2. The van der Waals surface area contributed by atoms with Crippen molar-refractivity contribution in [2.24, 2.45) is 5.41 Å². The van der Waals surface area contributed by atoms with Crippen LogP contribution in [0.2, 0.25) is 0 Å². The molecule has 12 heteroatoms. The van der Waals surface area contributed by atoms with E-state index in [-0.39, 0.29) is 37.4 Å². The summed E-state index contributed by atoms with van der Waals surface area (Å²) in [5.41, 5.74) is -0.228. The molecule has 0 saturated carbocycles. The summed E-state index contributed by atoms with van der Waals surface area (Å²) in [6.45, 7) is 7.64. The first kappa shape index (κ1) is 27.2. The van der Waals surface area contributed by atoms with E-state index in [1.807, 2.05) is 0 Å². The summed E-state index contributed by atoms with van der Waals surface area (Å²) in [5, 5.41) is 9.45. The number of fused-ring (bicyclic) bond motifs is 1. The zero-order chi connectivity index (χ0) is 26.8. The van der Waals surface area contributed by atoms with Crippen LogP contribution in [-0.4, -0.2) is 65.4 Å². The van der Waals surface area contributed by atoms with Crippen molar-refractivity contribution in [1.82, 2.24) is 25.3 Å². The Balaban J connectivity index is 2.06. The van der Waals surface area contributed by atoms with Gasteiger partial charge in [-0.15, -0.1) is 0 Å². The number of hydrogen-bond acceptors (Lipinski definition) is 6. The van der Waals surface area contributed by atoms with Gasteiger partial charge in [-0.25, -0.2) is 18.0 Å². The van der Waals surface area contributed by atoms with Crippen LogP contribution >= 0.6 is 0 Å². The van der Waals surface area contributed by atoms with Crippen LogP contribution in [-0.2, 0) is 27.3 Å². The number of rotatable bonds is 6. The molecule has 1 atom stereocenters. The van der Waals surface area contributed by atoms with Gasteiger partial charge in [0.2, 0.25) is 5.91 Å². The number of esters is 1. The van der Waals surface area contributed by atoms with Crippen LogP contribution in [0.5, 0.6) is 0 Å². The number of hydrogen-bond donors (Lipinski definition) is 2. The molecule has 0 aliphatic carbocycles. The molecule has 0 saturated heterocycles. The number of halogens is 3. The van der Waals surface area contributed by atoms with E-state index in [0.717, 1.165) is 4.68 Å². The standard InChI is InChI=1S/C24H30F3N5O4/c1-6-36-19(33)12-31-8-7-18-14(11-31)20(13-9-16(26)17(27)10-15(13)25)30-32(18)23(35)29-21(22(34)28-5)24(2,3)4/h9-10,21H,6-8,11-12H2,1-5H3,(H,28,34)(H,29,35)/t21-/m1/s1. The van der Waals surface area contributed by atoms with Crippen molar-refractivity contribution in [2.45, 2.75) is 46.7 Å². The van der Waals surface area contributed by atoms with E-state index in [4.69, 9.17) is 4.74 Å². The van der Waals surface area contributed by atoms with Gasteiger partial charge in [-0.3, -0.25) is 14.5 Å². The molecule has 1 aliphatic rings.